The van der Waals surface area contributed by atoms with Crippen molar-refractivity contribution in [3.63, 3.8) is 0 Å². The summed E-state index contributed by atoms with van der Waals surface area (Å²) in [5, 5.41) is 11.2. The molecule has 1 heterocycles. The highest BCUT2D eigenvalue weighted by atomic mass is 32.2. The van der Waals surface area contributed by atoms with Gasteiger partial charge in [-0.25, -0.2) is 13.2 Å². The third kappa shape index (κ3) is 9.80. The molecule has 3 rings (SSSR count). The van der Waals surface area contributed by atoms with Crippen LogP contribution < -0.4 is 21.3 Å². The molecule has 1 saturated heterocycles. The summed E-state index contributed by atoms with van der Waals surface area (Å²) < 4.78 is 25.7. The SMILES string of the molecule is C#CCCC(NC(=O)[C@@H]1C2C(CN1C(=O)C(CC(C)(C)C)NC(=O)NC1(CS(=O)(=O)C(C)(C)C)CCCCC1)C2(C)C)C(=O)C(=O)NCCC. The Morgan fingerprint density at radius 1 is 0.960 bits per heavy atom. The summed E-state index contributed by atoms with van der Waals surface area (Å²) in [6.07, 6.45) is 10.1. The first kappa shape index (κ1) is 41.3. The van der Waals surface area contributed by atoms with Crippen molar-refractivity contribution in [2.75, 3.05) is 18.8 Å². The molecule has 1 aliphatic heterocycles. The number of carbonyl (C=O) groups excluding carboxylic acids is 5. The lowest BCUT2D eigenvalue weighted by molar-refractivity contribution is -0.144. The van der Waals surface area contributed by atoms with Gasteiger partial charge in [0.05, 0.1) is 22.1 Å². The number of terminal acetylenes is 1. The molecule has 0 spiro atoms. The van der Waals surface area contributed by atoms with Gasteiger partial charge in [-0.3, -0.25) is 19.2 Å². The number of Topliss-reactive ketones (excluding diaryl/α,β-unsaturated/α-hetero) is 1. The minimum absolute atomic E-state index is 0.0344. The molecule has 0 radical (unpaired) electrons. The summed E-state index contributed by atoms with van der Waals surface area (Å²) in [6, 6.07) is -3.71. The van der Waals surface area contributed by atoms with Crippen LogP contribution in [0.4, 0.5) is 4.79 Å². The number of fused-ring (bicyclic) bond motifs is 1. The number of rotatable bonds is 14. The van der Waals surface area contributed by atoms with Crippen LogP contribution in [0.5, 0.6) is 0 Å². The standard InChI is InChI=1S/C37H61N5O7S/c1-11-13-17-25(29(43)31(45)38-20-12-2)39-30(44)28-27-24(36(27,9)10)22-42(28)32(46)26(21-34(3,4)5)40-33(47)41-37(18-15-14-16-19-37)23-50(48,49)35(6,7)8/h1,24-28H,12-23H2,2-10H3,(H,38,45)(H,39,44)(H2,40,41,47)/t24?,25?,26?,27?,28-/m0/s1. The second-order valence-corrected chi connectivity index (χ2v) is 20.2. The third-order valence-electron chi connectivity index (χ3n) is 10.7. The number of hydrogen-bond donors (Lipinski definition) is 4. The van der Waals surface area contributed by atoms with Gasteiger partial charge < -0.3 is 26.2 Å². The van der Waals surface area contributed by atoms with E-state index in [0.717, 1.165) is 19.3 Å². The van der Waals surface area contributed by atoms with Crippen molar-refractivity contribution < 1.29 is 32.4 Å². The number of urea groups is 1. The fourth-order valence-electron chi connectivity index (χ4n) is 7.61. The minimum atomic E-state index is -3.57. The van der Waals surface area contributed by atoms with E-state index in [9.17, 15) is 32.4 Å². The van der Waals surface area contributed by atoms with E-state index in [1.54, 1.807) is 20.8 Å². The molecule has 3 fully saturated rings. The Balaban J connectivity index is 1.88. The van der Waals surface area contributed by atoms with Gasteiger partial charge in [0.1, 0.15) is 12.1 Å². The van der Waals surface area contributed by atoms with Gasteiger partial charge in [0.15, 0.2) is 9.84 Å². The zero-order chi connectivity index (χ0) is 37.9. The van der Waals surface area contributed by atoms with Gasteiger partial charge in [0.2, 0.25) is 17.6 Å². The summed E-state index contributed by atoms with van der Waals surface area (Å²) in [4.78, 5) is 69.4. The van der Waals surface area contributed by atoms with Crippen LogP contribution in [0.3, 0.4) is 0 Å². The van der Waals surface area contributed by atoms with Crippen molar-refractivity contribution in [3.05, 3.63) is 0 Å². The molecule has 50 heavy (non-hydrogen) atoms. The van der Waals surface area contributed by atoms with Gasteiger partial charge in [0, 0.05) is 19.5 Å². The summed E-state index contributed by atoms with van der Waals surface area (Å²) in [5.74, 6) is -0.439. The fraction of sp³-hybridized carbons (Fsp3) is 0.811. The Morgan fingerprint density at radius 3 is 2.12 bits per heavy atom. The molecule has 4 unspecified atom stereocenters. The molecule has 0 aromatic rings. The van der Waals surface area contributed by atoms with Gasteiger partial charge >= 0.3 is 6.03 Å². The number of carbonyl (C=O) groups is 5. The Morgan fingerprint density at radius 2 is 1.58 bits per heavy atom. The second-order valence-electron chi connectivity index (χ2n) is 17.4. The summed E-state index contributed by atoms with van der Waals surface area (Å²) in [5.41, 5.74) is -1.59. The molecule has 2 aliphatic carbocycles. The van der Waals surface area contributed by atoms with Crippen molar-refractivity contribution in [2.45, 2.75) is 149 Å². The molecule has 4 N–H and O–H groups in total. The summed E-state index contributed by atoms with van der Waals surface area (Å²) in [7, 11) is -3.57. The molecule has 2 saturated carbocycles. The van der Waals surface area contributed by atoms with Crippen molar-refractivity contribution >= 4 is 39.4 Å². The molecule has 13 heteroatoms. The Labute approximate surface area is 299 Å². The molecule has 282 valence electrons. The second kappa shape index (κ2) is 15.6. The van der Waals surface area contributed by atoms with Crippen LogP contribution in [-0.2, 0) is 29.0 Å². The van der Waals surface area contributed by atoms with E-state index in [-0.39, 0.29) is 42.3 Å². The van der Waals surface area contributed by atoms with Gasteiger partial charge in [-0.15, -0.1) is 12.3 Å². The van der Waals surface area contributed by atoms with E-state index < -0.39 is 73.2 Å². The first-order valence-corrected chi connectivity index (χ1v) is 19.8. The zero-order valence-corrected chi connectivity index (χ0v) is 32.5. The number of piperidine rings is 1. The molecule has 5 amide bonds. The highest BCUT2D eigenvalue weighted by Crippen LogP contribution is 2.65. The molecule has 0 bridgehead atoms. The molecule has 5 atom stereocenters. The molecular weight excluding hydrogens is 659 g/mol. The lowest BCUT2D eigenvalue weighted by Crippen LogP contribution is -2.62. The highest BCUT2D eigenvalue weighted by Gasteiger charge is 2.69. The first-order valence-electron chi connectivity index (χ1n) is 18.2. The van der Waals surface area contributed by atoms with Gasteiger partial charge in [0.25, 0.3) is 5.91 Å². The van der Waals surface area contributed by atoms with Crippen LogP contribution in [0, 0.1) is 35.0 Å². The Hall–Kier alpha value is -3.14. The van der Waals surface area contributed by atoms with Crippen LogP contribution in [0.25, 0.3) is 0 Å². The maximum absolute atomic E-state index is 14.5. The largest absolute Gasteiger partial charge is 0.349 e. The predicted molar refractivity (Wildman–Crippen MR) is 193 cm³/mol. The van der Waals surface area contributed by atoms with Crippen molar-refractivity contribution in [1.82, 2.24) is 26.2 Å². The average molecular weight is 720 g/mol. The van der Waals surface area contributed by atoms with Crippen molar-refractivity contribution in [1.29, 1.82) is 0 Å². The normalized spacial score (nSPS) is 23.8. The van der Waals surface area contributed by atoms with Crippen LogP contribution in [0.1, 0.15) is 120 Å². The van der Waals surface area contributed by atoms with E-state index in [0.29, 0.717) is 32.4 Å². The zero-order valence-electron chi connectivity index (χ0n) is 31.7. The summed E-state index contributed by atoms with van der Waals surface area (Å²) >= 11 is 0. The first-order chi connectivity index (χ1) is 23.0. The Kier molecular flexibility index (Phi) is 12.9. The predicted octanol–water partition coefficient (Wildman–Crippen LogP) is 3.48. The number of ketones is 1. The Bertz CT molecular complexity index is 1450. The molecule has 12 nitrogen and oxygen atoms in total. The molecule has 3 aliphatic rings. The van der Waals surface area contributed by atoms with E-state index in [1.807, 2.05) is 41.5 Å². The highest BCUT2D eigenvalue weighted by molar-refractivity contribution is 7.92. The van der Waals surface area contributed by atoms with Gasteiger partial charge in [-0.2, -0.15) is 0 Å². The number of nitrogens with one attached hydrogen (secondary N) is 4. The summed E-state index contributed by atoms with van der Waals surface area (Å²) in [6.45, 7) is 17.4. The monoisotopic (exact) mass is 719 g/mol. The van der Waals surface area contributed by atoms with Gasteiger partial charge in [-0.05, 0) is 75.5 Å². The molecule has 0 aromatic carbocycles. The number of amides is 5. The topological polar surface area (TPSA) is 171 Å². The van der Waals surface area contributed by atoms with E-state index in [1.165, 1.54) is 4.90 Å². The maximum atomic E-state index is 14.5. The molecular formula is C37H61N5O7S. The van der Waals surface area contributed by atoms with Crippen LogP contribution in [-0.4, -0.2) is 90.1 Å². The smallest absolute Gasteiger partial charge is 0.315 e. The van der Waals surface area contributed by atoms with Crippen LogP contribution >= 0.6 is 0 Å². The van der Waals surface area contributed by atoms with E-state index >= 15 is 0 Å². The quantitative estimate of drug-likeness (QED) is 0.157. The average Bonchev–Trinajstić information content (AvgIpc) is 3.31. The van der Waals surface area contributed by atoms with E-state index in [2.05, 4.69) is 27.2 Å². The van der Waals surface area contributed by atoms with Crippen LogP contribution in [0.15, 0.2) is 0 Å². The van der Waals surface area contributed by atoms with Gasteiger partial charge in [-0.1, -0.05) is 60.8 Å². The van der Waals surface area contributed by atoms with Crippen molar-refractivity contribution in [3.8, 4) is 12.3 Å². The lowest BCUT2D eigenvalue weighted by atomic mass is 9.83. The van der Waals surface area contributed by atoms with Crippen molar-refractivity contribution in [2.24, 2.45) is 22.7 Å². The van der Waals surface area contributed by atoms with E-state index in [4.69, 9.17) is 6.42 Å². The number of likely N-dealkylation sites (tertiary alicyclic amines) is 1. The molecule has 0 aromatic heterocycles. The number of hydrogen-bond acceptors (Lipinski definition) is 7. The van der Waals surface area contributed by atoms with Crippen LogP contribution in [0.2, 0.25) is 0 Å². The maximum Gasteiger partial charge on any atom is 0.315 e. The fourth-order valence-corrected chi connectivity index (χ4v) is 9.13. The number of nitrogens with zero attached hydrogens (tertiary/aromatic N) is 1. The lowest BCUT2D eigenvalue weighted by Gasteiger charge is -2.40. The third-order valence-corrected chi connectivity index (χ3v) is 13.5. The number of sulfone groups is 1. The minimum Gasteiger partial charge on any atom is -0.349 e.